The molecule has 7 N–H and O–H groups in total. The molecule has 1 aromatic carbocycles. The number of hydrogen-bond donors (Lipinski definition) is 6. The van der Waals surface area contributed by atoms with Crippen LogP contribution in [-0.2, 0) is 35.1 Å². The molecule has 1 saturated carbocycles. The van der Waals surface area contributed by atoms with Crippen LogP contribution >= 0.6 is 0 Å². The Morgan fingerprint density at radius 1 is 1.15 bits per heavy atom. The molecule has 0 heterocycles. The predicted molar refractivity (Wildman–Crippen MR) is 144 cm³/mol. The van der Waals surface area contributed by atoms with Crippen molar-refractivity contribution in [2.75, 3.05) is 45.0 Å². The van der Waals surface area contributed by atoms with Crippen molar-refractivity contribution in [3.63, 3.8) is 0 Å². The molecule has 0 saturated heterocycles. The summed E-state index contributed by atoms with van der Waals surface area (Å²) in [5, 5.41) is 47.5. The van der Waals surface area contributed by atoms with Crippen LogP contribution < -0.4 is 16.0 Å². The van der Waals surface area contributed by atoms with Crippen molar-refractivity contribution in [2.45, 2.75) is 31.4 Å². The topological polar surface area (TPSA) is 220 Å². The number of carbonyl (C=O) groups is 5. The van der Waals surface area contributed by atoms with Gasteiger partial charge in [0.1, 0.15) is 22.8 Å². The molecule has 1 aromatic rings. The quantitative estimate of drug-likeness (QED) is 0.114. The third-order valence-electron chi connectivity index (χ3n) is 7.89. The Balaban J connectivity index is 1.94. The molecule has 2 amide bonds. The number of fused-ring (bicyclic) bond motifs is 3. The number of rotatable bonds is 5. The van der Waals surface area contributed by atoms with Gasteiger partial charge in [-0.15, -0.1) is 0 Å². The maximum atomic E-state index is 14.0. The van der Waals surface area contributed by atoms with Crippen LogP contribution in [0.15, 0.2) is 23.0 Å². The Bertz CT molecular complexity index is 1460. The fourth-order valence-electron chi connectivity index (χ4n) is 6.16. The molecule has 3 aliphatic rings. The Kier molecular flexibility index (Phi) is 7.35. The minimum atomic E-state index is -2.78. The standard InChI is InChI=1S/C27H32N4O10/c1-6-41-26(39)25(38)29-13-9-14(30(2)3)11-7-10-8-12-18(31(4)5)21(34)17(24(28)37)23(36)27(12,40)22(35)15(10)20(33)16(11)19(13)32/h9-10,12,18,32-33,36,40H,6-8H2,1-5H3,(H2,28,37)(H,29,38)/t10?,12?,18-,27-/m0/s1. The van der Waals surface area contributed by atoms with E-state index in [1.807, 2.05) is 0 Å². The fourth-order valence-corrected chi connectivity index (χ4v) is 6.16. The van der Waals surface area contributed by atoms with Crippen molar-refractivity contribution >= 4 is 46.5 Å². The number of nitrogens with zero attached hydrogens (tertiary/aromatic N) is 2. The lowest BCUT2D eigenvalue weighted by Gasteiger charge is -2.50. The van der Waals surface area contributed by atoms with E-state index < -0.39 is 75.7 Å². The summed E-state index contributed by atoms with van der Waals surface area (Å²) in [5.41, 5.74) is 1.64. The molecular formula is C27H32N4O10. The van der Waals surface area contributed by atoms with Crippen LogP contribution in [0.4, 0.5) is 11.4 Å². The molecule has 0 spiro atoms. The van der Waals surface area contributed by atoms with E-state index in [1.54, 1.807) is 19.0 Å². The monoisotopic (exact) mass is 572 g/mol. The van der Waals surface area contributed by atoms with Gasteiger partial charge in [0.25, 0.3) is 5.91 Å². The Hall–Kier alpha value is -4.43. The summed E-state index contributed by atoms with van der Waals surface area (Å²) in [6.45, 7) is 1.44. The van der Waals surface area contributed by atoms with Crippen molar-refractivity contribution in [1.82, 2.24) is 4.90 Å². The zero-order chi connectivity index (χ0) is 30.7. The number of nitrogens with two attached hydrogens (primary N) is 1. The number of ether oxygens (including phenoxy) is 1. The van der Waals surface area contributed by atoms with Gasteiger partial charge in [-0.25, -0.2) is 4.79 Å². The number of benzene rings is 1. The number of aliphatic hydroxyl groups excluding tert-OH is 2. The summed E-state index contributed by atoms with van der Waals surface area (Å²) in [4.78, 5) is 66.6. The average molecular weight is 573 g/mol. The summed E-state index contributed by atoms with van der Waals surface area (Å²) >= 11 is 0. The van der Waals surface area contributed by atoms with Crippen LogP contribution in [0.5, 0.6) is 5.75 Å². The number of aliphatic hydroxyl groups is 3. The van der Waals surface area contributed by atoms with Crippen molar-refractivity contribution in [2.24, 2.45) is 17.6 Å². The summed E-state index contributed by atoms with van der Waals surface area (Å²) in [7, 11) is 6.37. The molecule has 220 valence electrons. The van der Waals surface area contributed by atoms with E-state index in [1.165, 1.54) is 32.0 Å². The lowest BCUT2D eigenvalue weighted by atomic mass is 9.57. The van der Waals surface area contributed by atoms with Crippen LogP contribution in [-0.4, -0.2) is 101 Å². The van der Waals surface area contributed by atoms with Gasteiger partial charge in [-0.05, 0) is 51.4 Å². The van der Waals surface area contributed by atoms with Gasteiger partial charge in [-0.1, -0.05) is 0 Å². The highest BCUT2D eigenvalue weighted by Gasteiger charge is 2.64. The maximum Gasteiger partial charge on any atom is 0.397 e. The molecule has 14 nitrogen and oxygen atoms in total. The van der Waals surface area contributed by atoms with Crippen LogP contribution in [0, 0.1) is 11.8 Å². The lowest BCUT2D eigenvalue weighted by Crippen LogP contribution is -2.65. The van der Waals surface area contributed by atoms with Gasteiger partial charge in [0.05, 0.1) is 23.9 Å². The highest BCUT2D eigenvalue weighted by atomic mass is 16.5. The predicted octanol–water partition coefficient (Wildman–Crippen LogP) is -0.468. The molecule has 0 radical (unpaired) electrons. The normalized spacial score (nSPS) is 25.4. The van der Waals surface area contributed by atoms with Crippen molar-refractivity contribution in [1.29, 1.82) is 0 Å². The highest BCUT2D eigenvalue weighted by Crippen LogP contribution is 2.54. The number of carbonyl (C=O) groups excluding carboxylic acids is 5. The van der Waals surface area contributed by atoms with E-state index >= 15 is 0 Å². The van der Waals surface area contributed by atoms with Gasteiger partial charge in [0, 0.05) is 31.3 Å². The number of ketones is 2. The first kappa shape index (κ1) is 29.6. The van der Waals surface area contributed by atoms with Gasteiger partial charge < -0.3 is 41.1 Å². The summed E-state index contributed by atoms with van der Waals surface area (Å²) in [6, 6.07) is 0.194. The number of nitrogens with one attached hydrogen (secondary N) is 1. The van der Waals surface area contributed by atoms with E-state index in [0.29, 0.717) is 11.3 Å². The average Bonchev–Trinajstić information content (AvgIpc) is 2.87. The number of anilines is 2. The third kappa shape index (κ3) is 4.30. The largest absolute Gasteiger partial charge is 0.508 e. The van der Waals surface area contributed by atoms with Crippen molar-refractivity contribution in [3.8, 4) is 5.75 Å². The van der Waals surface area contributed by atoms with E-state index in [4.69, 9.17) is 5.73 Å². The molecule has 0 aromatic heterocycles. The second-order valence-corrected chi connectivity index (χ2v) is 10.7. The van der Waals surface area contributed by atoms with Gasteiger partial charge in [0.2, 0.25) is 5.78 Å². The number of phenolic OH excluding ortho intramolecular Hbond substituents is 1. The van der Waals surface area contributed by atoms with Gasteiger partial charge in [-0.3, -0.25) is 24.1 Å². The number of esters is 1. The second kappa shape index (κ2) is 10.2. The van der Waals surface area contributed by atoms with E-state index in [-0.39, 0.29) is 36.3 Å². The first-order valence-electron chi connectivity index (χ1n) is 12.8. The first-order chi connectivity index (χ1) is 19.1. The number of phenols is 1. The minimum absolute atomic E-state index is 0.0573. The molecule has 4 rings (SSSR count). The molecule has 1 fully saturated rings. The Morgan fingerprint density at radius 2 is 1.78 bits per heavy atom. The zero-order valence-electron chi connectivity index (χ0n) is 23.1. The van der Waals surface area contributed by atoms with Crippen LogP contribution in [0.3, 0.4) is 0 Å². The summed E-state index contributed by atoms with van der Waals surface area (Å²) in [5.74, 6) is -10.3. The number of hydrogen-bond acceptors (Lipinski definition) is 12. The highest BCUT2D eigenvalue weighted by molar-refractivity contribution is 6.37. The Labute approximate surface area is 234 Å². The molecule has 0 bridgehead atoms. The molecule has 14 heteroatoms. The number of likely N-dealkylation sites (N-methyl/N-ethyl adjacent to an activating group) is 1. The lowest BCUT2D eigenvalue weighted by molar-refractivity contribution is -0.153. The van der Waals surface area contributed by atoms with Crippen molar-refractivity contribution < 1.29 is 49.1 Å². The number of aromatic hydroxyl groups is 1. The van der Waals surface area contributed by atoms with E-state index in [2.05, 4.69) is 10.1 Å². The number of Topliss-reactive ketones (excluding diaryl/α,β-unsaturated/α-hetero) is 2. The third-order valence-corrected chi connectivity index (χ3v) is 7.89. The van der Waals surface area contributed by atoms with Crippen LogP contribution in [0.1, 0.15) is 24.5 Å². The SMILES string of the molecule is CCOC(=O)C(=O)Nc1cc(N(C)C)c2c(c1O)C(O)=C1C(=O)[C@]3(O)C(O)=C(C(N)=O)C(=O)[C@@H](N(C)C)C3CC1C2. The number of amides is 2. The maximum absolute atomic E-state index is 14.0. The molecule has 2 unspecified atom stereocenters. The van der Waals surface area contributed by atoms with Crippen molar-refractivity contribution in [3.05, 3.63) is 34.1 Å². The second-order valence-electron chi connectivity index (χ2n) is 10.7. The molecule has 4 atom stereocenters. The van der Waals surface area contributed by atoms with Gasteiger partial charge in [-0.2, -0.15) is 0 Å². The van der Waals surface area contributed by atoms with Crippen LogP contribution in [0.25, 0.3) is 5.76 Å². The molecule has 41 heavy (non-hydrogen) atoms. The fraction of sp³-hybridized carbons (Fsp3) is 0.444. The summed E-state index contributed by atoms with van der Waals surface area (Å²) in [6.07, 6.45) is -0.0115. The molecular weight excluding hydrogens is 540 g/mol. The van der Waals surface area contributed by atoms with Gasteiger partial charge in [0.15, 0.2) is 11.4 Å². The number of primary amides is 1. The Morgan fingerprint density at radius 3 is 2.32 bits per heavy atom. The molecule has 3 aliphatic carbocycles. The molecule has 0 aliphatic heterocycles. The smallest absolute Gasteiger partial charge is 0.397 e. The van der Waals surface area contributed by atoms with Crippen LogP contribution in [0.2, 0.25) is 0 Å². The zero-order valence-corrected chi connectivity index (χ0v) is 23.1. The summed E-state index contributed by atoms with van der Waals surface area (Å²) < 4.78 is 4.68. The van der Waals surface area contributed by atoms with E-state index in [9.17, 15) is 44.4 Å². The van der Waals surface area contributed by atoms with E-state index in [0.717, 1.165) is 0 Å². The first-order valence-corrected chi connectivity index (χ1v) is 12.8. The minimum Gasteiger partial charge on any atom is -0.508 e. The van der Waals surface area contributed by atoms with Gasteiger partial charge >= 0.3 is 11.9 Å².